The molecule has 0 saturated heterocycles. The van der Waals surface area contributed by atoms with Gasteiger partial charge in [-0.2, -0.15) is 0 Å². The molecular weight excluding hydrogens is 238 g/mol. The Labute approximate surface area is 107 Å². The van der Waals surface area contributed by atoms with Gasteiger partial charge in [-0.15, -0.1) is 11.6 Å². The molecule has 1 unspecified atom stereocenters. The fourth-order valence-electron chi connectivity index (χ4n) is 1.49. The Bertz CT molecular complexity index is 351. The lowest BCUT2D eigenvalue weighted by molar-refractivity contribution is 0.0910. The molecule has 1 aromatic rings. The third kappa shape index (κ3) is 4.75. The van der Waals surface area contributed by atoms with Crippen molar-refractivity contribution >= 4 is 17.5 Å². The highest BCUT2D eigenvalue weighted by Gasteiger charge is 2.08. The van der Waals surface area contributed by atoms with Gasteiger partial charge in [0.2, 0.25) is 0 Å². The summed E-state index contributed by atoms with van der Waals surface area (Å²) in [4.78, 5) is 11.7. The van der Waals surface area contributed by atoms with Crippen LogP contribution < -0.4 is 5.32 Å². The van der Waals surface area contributed by atoms with Gasteiger partial charge >= 0.3 is 0 Å². The van der Waals surface area contributed by atoms with E-state index in [0.717, 1.165) is 12.0 Å². The summed E-state index contributed by atoms with van der Waals surface area (Å²) in [6, 6.07) is 7.12. The van der Waals surface area contributed by atoms with Crippen molar-refractivity contribution in [3.05, 3.63) is 35.4 Å². The zero-order chi connectivity index (χ0) is 12.7. The van der Waals surface area contributed by atoms with E-state index < -0.39 is 6.10 Å². The highest BCUT2D eigenvalue weighted by atomic mass is 35.5. The van der Waals surface area contributed by atoms with Gasteiger partial charge in [0.05, 0.1) is 6.10 Å². The monoisotopic (exact) mass is 255 g/mol. The zero-order valence-corrected chi connectivity index (χ0v) is 10.7. The van der Waals surface area contributed by atoms with Gasteiger partial charge in [0.1, 0.15) is 0 Å². The van der Waals surface area contributed by atoms with E-state index in [1.807, 2.05) is 19.1 Å². The van der Waals surface area contributed by atoms with Crippen molar-refractivity contribution in [1.29, 1.82) is 0 Å². The van der Waals surface area contributed by atoms with Gasteiger partial charge in [0.15, 0.2) is 0 Å². The van der Waals surface area contributed by atoms with Gasteiger partial charge in [-0.1, -0.05) is 25.5 Å². The number of hydrogen-bond acceptors (Lipinski definition) is 2. The Balaban J connectivity index is 2.46. The first-order valence-corrected chi connectivity index (χ1v) is 6.32. The molecule has 0 aliphatic heterocycles. The van der Waals surface area contributed by atoms with Crippen molar-refractivity contribution in [3.63, 3.8) is 0 Å². The van der Waals surface area contributed by atoms with Crippen LogP contribution in [0.5, 0.6) is 0 Å². The maximum atomic E-state index is 11.7. The molecule has 4 heteroatoms. The van der Waals surface area contributed by atoms with E-state index in [1.165, 1.54) is 0 Å². The standard InChI is InChI=1S/C13H18ClNO2/c1-2-3-12(16)9-15-13(17)11-6-4-10(8-14)5-7-11/h4-7,12,16H,2-3,8-9H2,1H3,(H,15,17). The molecule has 0 radical (unpaired) electrons. The van der Waals surface area contributed by atoms with E-state index in [4.69, 9.17) is 11.6 Å². The van der Waals surface area contributed by atoms with Gasteiger partial charge in [-0.25, -0.2) is 0 Å². The molecule has 3 nitrogen and oxygen atoms in total. The van der Waals surface area contributed by atoms with Crippen LogP contribution in [-0.4, -0.2) is 23.7 Å². The molecule has 0 saturated carbocycles. The van der Waals surface area contributed by atoms with E-state index >= 15 is 0 Å². The summed E-state index contributed by atoms with van der Waals surface area (Å²) >= 11 is 5.66. The number of alkyl halides is 1. The van der Waals surface area contributed by atoms with Crippen LogP contribution in [0.2, 0.25) is 0 Å². The molecule has 2 N–H and O–H groups in total. The first-order valence-electron chi connectivity index (χ1n) is 5.78. The molecule has 0 bridgehead atoms. The average Bonchev–Trinajstić information content (AvgIpc) is 2.36. The van der Waals surface area contributed by atoms with Crippen molar-refractivity contribution in [3.8, 4) is 0 Å². The summed E-state index contributed by atoms with van der Waals surface area (Å²) in [5.41, 5.74) is 1.57. The molecule has 94 valence electrons. The number of rotatable bonds is 6. The summed E-state index contributed by atoms with van der Waals surface area (Å²) in [6.45, 7) is 2.29. The minimum absolute atomic E-state index is 0.165. The summed E-state index contributed by atoms with van der Waals surface area (Å²) in [5, 5.41) is 12.2. The fraction of sp³-hybridized carbons (Fsp3) is 0.462. The maximum absolute atomic E-state index is 11.7. The molecular formula is C13H18ClNO2. The van der Waals surface area contributed by atoms with E-state index in [2.05, 4.69) is 5.32 Å². The smallest absolute Gasteiger partial charge is 0.251 e. The van der Waals surface area contributed by atoms with Gasteiger partial charge in [-0.05, 0) is 24.1 Å². The second-order valence-corrected chi connectivity index (χ2v) is 4.25. The molecule has 0 fully saturated rings. The Morgan fingerprint density at radius 1 is 1.41 bits per heavy atom. The number of aliphatic hydroxyl groups excluding tert-OH is 1. The third-order valence-corrected chi connectivity index (χ3v) is 2.80. The van der Waals surface area contributed by atoms with Gasteiger partial charge < -0.3 is 10.4 Å². The normalized spacial score (nSPS) is 12.2. The van der Waals surface area contributed by atoms with Crippen molar-refractivity contribution in [2.75, 3.05) is 6.54 Å². The number of hydrogen-bond donors (Lipinski definition) is 2. The van der Waals surface area contributed by atoms with Crippen LogP contribution in [0, 0.1) is 0 Å². The van der Waals surface area contributed by atoms with Crippen LogP contribution in [-0.2, 0) is 5.88 Å². The van der Waals surface area contributed by atoms with Crippen molar-refractivity contribution in [1.82, 2.24) is 5.32 Å². The van der Waals surface area contributed by atoms with Crippen molar-refractivity contribution in [2.45, 2.75) is 31.7 Å². The predicted molar refractivity (Wildman–Crippen MR) is 69.2 cm³/mol. The summed E-state index contributed by atoms with van der Waals surface area (Å²) < 4.78 is 0. The van der Waals surface area contributed by atoms with Gasteiger partial charge in [0.25, 0.3) is 5.91 Å². The Morgan fingerprint density at radius 2 is 2.06 bits per heavy atom. The molecule has 0 heterocycles. The highest BCUT2D eigenvalue weighted by molar-refractivity contribution is 6.17. The molecule has 1 aromatic carbocycles. The third-order valence-electron chi connectivity index (χ3n) is 2.49. The number of amides is 1. The van der Waals surface area contributed by atoms with Crippen molar-refractivity contribution < 1.29 is 9.90 Å². The minimum atomic E-state index is -0.467. The average molecular weight is 256 g/mol. The predicted octanol–water partition coefficient (Wildman–Crippen LogP) is 2.32. The minimum Gasteiger partial charge on any atom is -0.391 e. The van der Waals surface area contributed by atoms with Gasteiger partial charge in [0, 0.05) is 18.0 Å². The molecule has 1 rings (SSSR count). The van der Waals surface area contributed by atoms with Gasteiger partial charge in [-0.3, -0.25) is 4.79 Å². The number of nitrogens with one attached hydrogen (secondary N) is 1. The number of carbonyl (C=O) groups is 1. The maximum Gasteiger partial charge on any atom is 0.251 e. The van der Waals surface area contributed by atoms with E-state index in [-0.39, 0.29) is 5.91 Å². The summed E-state index contributed by atoms with van der Waals surface area (Å²) in [7, 11) is 0. The van der Waals surface area contributed by atoms with Crippen LogP contribution in [0.1, 0.15) is 35.7 Å². The number of benzene rings is 1. The summed E-state index contributed by atoms with van der Waals surface area (Å²) in [5.74, 6) is 0.276. The second kappa shape index (κ2) is 7.30. The van der Waals surface area contributed by atoms with Crippen LogP contribution >= 0.6 is 11.6 Å². The van der Waals surface area contributed by atoms with Crippen LogP contribution in [0.25, 0.3) is 0 Å². The molecule has 0 aromatic heterocycles. The first-order chi connectivity index (χ1) is 8.17. The number of aliphatic hydroxyl groups is 1. The second-order valence-electron chi connectivity index (χ2n) is 3.98. The number of halogens is 1. The van der Waals surface area contributed by atoms with Crippen molar-refractivity contribution in [2.24, 2.45) is 0 Å². The lowest BCUT2D eigenvalue weighted by Crippen LogP contribution is -2.31. The van der Waals surface area contributed by atoms with E-state index in [1.54, 1.807) is 12.1 Å². The lowest BCUT2D eigenvalue weighted by atomic mass is 10.1. The molecule has 1 atom stereocenters. The molecule has 0 spiro atoms. The molecule has 1 amide bonds. The molecule has 17 heavy (non-hydrogen) atoms. The largest absolute Gasteiger partial charge is 0.391 e. The Morgan fingerprint density at radius 3 is 2.59 bits per heavy atom. The number of carbonyl (C=O) groups excluding carboxylic acids is 1. The van der Waals surface area contributed by atoms with E-state index in [0.29, 0.717) is 24.4 Å². The topological polar surface area (TPSA) is 49.3 Å². The van der Waals surface area contributed by atoms with Crippen LogP contribution in [0.4, 0.5) is 0 Å². The van der Waals surface area contributed by atoms with Crippen LogP contribution in [0.3, 0.4) is 0 Å². The zero-order valence-electron chi connectivity index (χ0n) is 9.95. The molecule has 0 aliphatic rings. The first kappa shape index (κ1) is 14.0. The molecule has 0 aliphatic carbocycles. The van der Waals surface area contributed by atoms with Crippen LogP contribution in [0.15, 0.2) is 24.3 Å². The Hall–Kier alpha value is -1.06. The lowest BCUT2D eigenvalue weighted by Gasteiger charge is -2.10. The highest BCUT2D eigenvalue weighted by Crippen LogP contribution is 2.06. The quantitative estimate of drug-likeness (QED) is 0.767. The Kier molecular flexibility index (Phi) is 6.01. The fourth-order valence-corrected chi connectivity index (χ4v) is 1.67. The van der Waals surface area contributed by atoms with E-state index in [9.17, 15) is 9.90 Å². The summed E-state index contributed by atoms with van der Waals surface area (Å²) in [6.07, 6.45) is 1.14. The SMILES string of the molecule is CCCC(O)CNC(=O)c1ccc(CCl)cc1.